The topological polar surface area (TPSA) is 125 Å². The fraction of sp³-hybridized carbons (Fsp3) is 0.192. The molecule has 1 atom stereocenters. The van der Waals surface area contributed by atoms with E-state index in [1.807, 2.05) is 48.5 Å². The molecule has 0 fully saturated rings. The Bertz CT molecular complexity index is 1180. The van der Waals surface area contributed by atoms with Crippen LogP contribution in [0.4, 0.5) is 4.79 Å². The van der Waals surface area contributed by atoms with Crippen LogP contribution in [0.3, 0.4) is 0 Å². The van der Waals surface area contributed by atoms with E-state index in [1.165, 1.54) is 12.1 Å². The van der Waals surface area contributed by atoms with E-state index in [2.05, 4.69) is 10.6 Å². The first-order chi connectivity index (χ1) is 16.4. The lowest BCUT2D eigenvalue weighted by molar-refractivity contribution is -0.139. The maximum absolute atomic E-state index is 12.6. The number of carboxylic acid groups (broad SMARTS) is 1. The van der Waals surface area contributed by atoms with Gasteiger partial charge in [-0.05, 0) is 39.9 Å². The van der Waals surface area contributed by atoms with E-state index in [0.717, 1.165) is 22.3 Å². The van der Waals surface area contributed by atoms with Crippen molar-refractivity contribution in [3.05, 3.63) is 89.5 Å². The van der Waals surface area contributed by atoms with Crippen molar-refractivity contribution in [3.8, 4) is 16.9 Å². The van der Waals surface area contributed by atoms with Gasteiger partial charge in [0.25, 0.3) is 0 Å². The van der Waals surface area contributed by atoms with Crippen LogP contribution in [-0.4, -0.2) is 40.8 Å². The quantitative estimate of drug-likeness (QED) is 0.408. The van der Waals surface area contributed by atoms with Gasteiger partial charge in [-0.1, -0.05) is 60.7 Å². The zero-order valence-corrected chi connectivity index (χ0v) is 18.2. The van der Waals surface area contributed by atoms with Crippen molar-refractivity contribution < 1.29 is 29.3 Å². The fourth-order valence-electron chi connectivity index (χ4n) is 4.15. The first-order valence-electron chi connectivity index (χ1n) is 10.8. The molecule has 0 heterocycles. The first-order valence-corrected chi connectivity index (χ1v) is 10.8. The van der Waals surface area contributed by atoms with Crippen molar-refractivity contribution in [1.82, 2.24) is 10.6 Å². The molecule has 0 saturated heterocycles. The van der Waals surface area contributed by atoms with Gasteiger partial charge < -0.3 is 25.6 Å². The second-order valence-electron chi connectivity index (χ2n) is 8.01. The van der Waals surface area contributed by atoms with E-state index in [4.69, 9.17) is 4.74 Å². The largest absolute Gasteiger partial charge is 0.508 e. The summed E-state index contributed by atoms with van der Waals surface area (Å²) in [7, 11) is 0. The zero-order chi connectivity index (χ0) is 24.1. The van der Waals surface area contributed by atoms with Crippen LogP contribution >= 0.6 is 0 Å². The van der Waals surface area contributed by atoms with Gasteiger partial charge in [-0.25, -0.2) is 4.79 Å². The number of alkyl carbamates (subject to hydrolysis) is 1. The minimum Gasteiger partial charge on any atom is -0.508 e. The predicted octanol–water partition coefficient (Wildman–Crippen LogP) is 3.39. The molecule has 4 rings (SSSR count). The average molecular weight is 460 g/mol. The standard InChI is InChI=1S/C26H24N2O6/c29-17-7-5-6-16(12-17)14-27-25(32)23(13-24(30)31)28-26(33)34-15-22-20-10-3-1-8-18(20)19-9-2-4-11-21(19)22/h1-12,22-23,29H,13-15H2,(H,27,32)(H,28,33)(H,30,31). The molecule has 174 valence electrons. The predicted molar refractivity (Wildman–Crippen MR) is 124 cm³/mol. The third kappa shape index (κ3) is 5.17. The number of phenols is 1. The van der Waals surface area contributed by atoms with Crippen LogP contribution in [0.15, 0.2) is 72.8 Å². The third-order valence-corrected chi connectivity index (χ3v) is 5.71. The molecule has 0 spiro atoms. The van der Waals surface area contributed by atoms with Crippen molar-refractivity contribution in [2.24, 2.45) is 0 Å². The smallest absolute Gasteiger partial charge is 0.407 e. The van der Waals surface area contributed by atoms with Gasteiger partial charge in [0.15, 0.2) is 0 Å². The van der Waals surface area contributed by atoms with E-state index in [1.54, 1.807) is 12.1 Å². The van der Waals surface area contributed by atoms with E-state index < -0.39 is 30.4 Å². The van der Waals surface area contributed by atoms with Gasteiger partial charge in [-0.3, -0.25) is 9.59 Å². The molecule has 8 nitrogen and oxygen atoms in total. The molecule has 1 aliphatic carbocycles. The third-order valence-electron chi connectivity index (χ3n) is 5.71. The molecule has 0 aromatic heterocycles. The number of amides is 2. The van der Waals surface area contributed by atoms with Crippen molar-refractivity contribution >= 4 is 18.0 Å². The number of aliphatic carboxylic acids is 1. The van der Waals surface area contributed by atoms with Crippen molar-refractivity contribution in [2.75, 3.05) is 6.61 Å². The number of phenolic OH excluding ortho intramolecular Hbond substituents is 1. The summed E-state index contributed by atoms with van der Waals surface area (Å²) in [5, 5.41) is 23.7. The monoisotopic (exact) mass is 460 g/mol. The van der Waals surface area contributed by atoms with Gasteiger partial charge in [-0.2, -0.15) is 0 Å². The Morgan fingerprint density at radius 3 is 2.18 bits per heavy atom. The number of ether oxygens (including phenoxy) is 1. The number of hydrogen-bond donors (Lipinski definition) is 4. The molecule has 3 aromatic rings. The van der Waals surface area contributed by atoms with Crippen molar-refractivity contribution in [1.29, 1.82) is 0 Å². The number of aromatic hydroxyl groups is 1. The SMILES string of the molecule is O=C(O)CC(NC(=O)OCC1c2ccccc2-c2ccccc21)C(=O)NCc1cccc(O)c1. The molecule has 3 aromatic carbocycles. The summed E-state index contributed by atoms with van der Waals surface area (Å²) in [6.45, 7) is 0.111. The van der Waals surface area contributed by atoms with E-state index in [9.17, 15) is 24.6 Å². The lowest BCUT2D eigenvalue weighted by Crippen LogP contribution is -2.48. The minimum atomic E-state index is -1.31. The summed E-state index contributed by atoms with van der Waals surface area (Å²) in [4.78, 5) is 36.3. The molecular formula is C26H24N2O6. The normalized spacial score (nSPS) is 12.8. The zero-order valence-electron chi connectivity index (χ0n) is 18.2. The maximum Gasteiger partial charge on any atom is 0.407 e. The molecule has 0 bridgehead atoms. The minimum absolute atomic E-state index is 0.0462. The highest BCUT2D eigenvalue weighted by molar-refractivity contribution is 5.89. The molecule has 0 radical (unpaired) electrons. The van der Waals surface area contributed by atoms with Gasteiger partial charge in [-0.15, -0.1) is 0 Å². The number of fused-ring (bicyclic) bond motifs is 3. The van der Waals surface area contributed by atoms with Crippen LogP contribution in [0.2, 0.25) is 0 Å². The summed E-state index contributed by atoms with van der Waals surface area (Å²) in [6, 6.07) is 20.8. The Labute approximate surface area is 196 Å². The van der Waals surface area contributed by atoms with E-state index in [0.29, 0.717) is 5.56 Å². The van der Waals surface area contributed by atoms with E-state index in [-0.39, 0.29) is 24.8 Å². The van der Waals surface area contributed by atoms with Crippen molar-refractivity contribution in [2.45, 2.75) is 24.9 Å². The highest BCUT2D eigenvalue weighted by atomic mass is 16.5. The molecule has 34 heavy (non-hydrogen) atoms. The lowest BCUT2D eigenvalue weighted by Gasteiger charge is -2.19. The number of rotatable bonds is 8. The highest BCUT2D eigenvalue weighted by Crippen LogP contribution is 2.44. The van der Waals surface area contributed by atoms with Crippen LogP contribution in [-0.2, 0) is 20.9 Å². The lowest BCUT2D eigenvalue weighted by atomic mass is 9.98. The summed E-state index contributed by atoms with van der Waals surface area (Å²) in [6.07, 6.45) is -1.48. The Morgan fingerprint density at radius 2 is 1.56 bits per heavy atom. The molecule has 0 saturated carbocycles. The molecule has 2 amide bonds. The number of benzene rings is 3. The molecule has 8 heteroatoms. The summed E-state index contributed by atoms with van der Waals surface area (Å²) >= 11 is 0. The van der Waals surface area contributed by atoms with Gasteiger partial charge >= 0.3 is 12.1 Å². The van der Waals surface area contributed by atoms with Crippen LogP contribution in [0.5, 0.6) is 5.75 Å². The molecule has 0 aliphatic heterocycles. The Hall–Kier alpha value is -4.33. The Kier molecular flexibility index (Phi) is 6.77. The van der Waals surface area contributed by atoms with Crippen LogP contribution in [0.25, 0.3) is 11.1 Å². The Morgan fingerprint density at radius 1 is 0.912 bits per heavy atom. The van der Waals surface area contributed by atoms with Gasteiger partial charge in [0, 0.05) is 12.5 Å². The average Bonchev–Trinajstić information content (AvgIpc) is 3.14. The number of nitrogens with one attached hydrogen (secondary N) is 2. The molecule has 1 aliphatic rings. The van der Waals surface area contributed by atoms with Crippen LogP contribution in [0.1, 0.15) is 29.0 Å². The van der Waals surface area contributed by atoms with Gasteiger partial charge in [0.05, 0.1) is 6.42 Å². The maximum atomic E-state index is 12.6. The first kappa shape index (κ1) is 22.8. The van der Waals surface area contributed by atoms with Gasteiger partial charge in [0.1, 0.15) is 18.4 Å². The van der Waals surface area contributed by atoms with E-state index >= 15 is 0 Å². The molecule has 1 unspecified atom stereocenters. The second kappa shape index (κ2) is 10.1. The van der Waals surface area contributed by atoms with Crippen LogP contribution < -0.4 is 10.6 Å². The Balaban J connectivity index is 1.38. The summed E-state index contributed by atoms with van der Waals surface area (Å²) in [5.74, 6) is -2.02. The number of carbonyl (C=O) groups excluding carboxylic acids is 2. The van der Waals surface area contributed by atoms with Crippen molar-refractivity contribution in [3.63, 3.8) is 0 Å². The number of carbonyl (C=O) groups is 3. The summed E-state index contributed by atoms with van der Waals surface area (Å²) < 4.78 is 5.42. The second-order valence-corrected chi connectivity index (χ2v) is 8.01. The summed E-state index contributed by atoms with van der Waals surface area (Å²) in [5.41, 5.74) is 4.89. The van der Waals surface area contributed by atoms with Crippen LogP contribution in [0, 0.1) is 0 Å². The molecule has 4 N–H and O–H groups in total. The molecular weight excluding hydrogens is 436 g/mol. The number of hydrogen-bond acceptors (Lipinski definition) is 5. The fourth-order valence-corrected chi connectivity index (χ4v) is 4.15. The van der Waals surface area contributed by atoms with Gasteiger partial charge in [0.2, 0.25) is 5.91 Å². The highest BCUT2D eigenvalue weighted by Gasteiger charge is 2.30. The number of carboxylic acids is 1.